The fourth-order valence-corrected chi connectivity index (χ4v) is 7.12. The lowest BCUT2D eigenvalue weighted by Gasteiger charge is -2.55. The molecule has 0 atom stereocenters. The van der Waals surface area contributed by atoms with E-state index in [4.69, 9.17) is 12.2 Å². The maximum absolute atomic E-state index is 13.2. The van der Waals surface area contributed by atoms with Crippen molar-refractivity contribution in [2.45, 2.75) is 45.4 Å². The second-order valence-electron chi connectivity index (χ2n) is 8.86. The van der Waals surface area contributed by atoms with Gasteiger partial charge in [0.25, 0.3) is 5.91 Å². The molecule has 1 aliphatic heterocycles. The van der Waals surface area contributed by atoms with Crippen LogP contribution in [0.4, 0.5) is 0 Å². The predicted molar refractivity (Wildman–Crippen MR) is 113 cm³/mol. The molecule has 0 aromatic carbocycles. The Balaban J connectivity index is 1.34. The molecule has 1 saturated heterocycles. The second-order valence-corrected chi connectivity index (χ2v) is 10.5. The molecule has 5 aliphatic rings. The first kappa shape index (κ1) is 18.3. The van der Waals surface area contributed by atoms with Crippen LogP contribution < -0.4 is 5.43 Å². The van der Waals surface area contributed by atoms with E-state index in [1.165, 1.54) is 36.0 Å². The third-order valence-electron chi connectivity index (χ3n) is 6.72. The fourth-order valence-electron chi connectivity index (χ4n) is 5.95. The van der Waals surface area contributed by atoms with Crippen molar-refractivity contribution >= 4 is 46.2 Å². The number of pyridine rings is 1. The van der Waals surface area contributed by atoms with Crippen molar-refractivity contribution in [3.8, 4) is 0 Å². The molecular formula is C21H23N3O2S2. The Morgan fingerprint density at radius 2 is 1.89 bits per heavy atom. The van der Waals surface area contributed by atoms with Crippen molar-refractivity contribution in [3.05, 3.63) is 34.5 Å². The lowest BCUT2D eigenvalue weighted by atomic mass is 9.49. The third kappa shape index (κ3) is 3.08. The third-order valence-corrected chi connectivity index (χ3v) is 8.02. The largest absolute Gasteiger partial charge is 0.285 e. The number of carbonyl (C=O) groups excluding carboxylic acids is 2. The summed E-state index contributed by atoms with van der Waals surface area (Å²) in [5.41, 5.74) is 4.18. The first-order chi connectivity index (χ1) is 13.4. The Labute approximate surface area is 174 Å². The Morgan fingerprint density at radius 3 is 2.50 bits per heavy atom. The van der Waals surface area contributed by atoms with Gasteiger partial charge < -0.3 is 0 Å². The Hall–Kier alpha value is -1.73. The van der Waals surface area contributed by atoms with Crippen molar-refractivity contribution in [2.24, 2.45) is 23.2 Å². The van der Waals surface area contributed by atoms with Crippen molar-refractivity contribution in [1.29, 1.82) is 0 Å². The van der Waals surface area contributed by atoms with E-state index in [1.807, 2.05) is 25.1 Å². The predicted octanol–water partition coefficient (Wildman–Crippen LogP) is 3.84. The molecule has 6 rings (SSSR count). The van der Waals surface area contributed by atoms with E-state index >= 15 is 0 Å². The highest BCUT2D eigenvalue weighted by Crippen LogP contribution is 2.60. The van der Waals surface area contributed by atoms with E-state index in [-0.39, 0.29) is 17.2 Å². The van der Waals surface area contributed by atoms with Gasteiger partial charge in [0.15, 0.2) is 4.32 Å². The number of aryl methyl sites for hydroxylation is 1. The zero-order valence-electron chi connectivity index (χ0n) is 15.8. The molecule has 0 spiro atoms. The maximum Gasteiger partial charge on any atom is 0.285 e. The van der Waals surface area contributed by atoms with Gasteiger partial charge in [-0.3, -0.25) is 20.0 Å². The normalized spacial score (nSPS) is 35.1. The molecule has 4 bridgehead atoms. The van der Waals surface area contributed by atoms with Crippen LogP contribution in [0.3, 0.4) is 0 Å². The minimum atomic E-state index is -0.306. The second kappa shape index (κ2) is 6.66. The number of nitrogens with zero attached hydrogens (tertiary/aromatic N) is 2. The average molecular weight is 414 g/mol. The molecule has 0 unspecified atom stereocenters. The highest BCUT2D eigenvalue weighted by molar-refractivity contribution is 8.26. The molecule has 2 amide bonds. The molecule has 5 fully saturated rings. The van der Waals surface area contributed by atoms with Gasteiger partial charge in [-0.2, -0.15) is 5.01 Å². The van der Waals surface area contributed by atoms with Crippen LogP contribution in [0.5, 0.6) is 0 Å². The van der Waals surface area contributed by atoms with Crippen LogP contribution in [0.2, 0.25) is 0 Å². The minimum Gasteiger partial charge on any atom is -0.273 e. The number of hydrogen-bond donors (Lipinski definition) is 1. The van der Waals surface area contributed by atoms with Gasteiger partial charge >= 0.3 is 0 Å². The summed E-state index contributed by atoms with van der Waals surface area (Å²) in [4.78, 5) is 31.0. The minimum absolute atomic E-state index is 0.0159. The van der Waals surface area contributed by atoms with Gasteiger partial charge in [-0.05, 0) is 93.6 Å². The summed E-state index contributed by atoms with van der Waals surface area (Å²) in [6.07, 6.45) is 8.46. The number of nitrogens with one attached hydrogen (secondary N) is 1. The number of thioether (sulfide) groups is 1. The number of aromatic nitrogens is 1. The highest BCUT2D eigenvalue weighted by Gasteiger charge is 2.55. The van der Waals surface area contributed by atoms with Crippen LogP contribution in [0, 0.1) is 30.1 Å². The summed E-state index contributed by atoms with van der Waals surface area (Å²) < 4.78 is 0.377. The van der Waals surface area contributed by atoms with Gasteiger partial charge in [-0.15, -0.1) is 0 Å². The Morgan fingerprint density at radius 1 is 1.25 bits per heavy atom. The Kier molecular flexibility index (Phi) is 4.36. The van der Waals surface area contributed by atoms with E-state index in [9.17, 15) is 9.59 Å². The summed E-state index contributed by atoms with van der Waals surface area (Å²) in [5.74, 6) is 1.75. The standard InChI is InChI=1S/C21H23N3O2S2/c1-12-3-2-4-16(22-12)8-17-18(25)24(20(27)28-17)23-19(26)21-9-13-5-14(10-21)7-15(6-13)11-21/h2-4,8,13-15H,5-7,9-11H2,1H3,(H,23,26). The van der Waals surface area contributed by atoms with Gasteiger partial charge in [-0.25, -0.2) is 0 Å². The van der Waals surface area contributed by atoms with E-state index in [0.717, 1.165) is 25.0 Å². The average Bonchev–Trinajstić information content (AvgIpc) is 2.88. The van der Waals surface area contributed by atoms with E-state index in [0.29, 0.717) is 32.7 Å². The van der Waals surface area contributed by atoms with E-state index in [1.54, 1.807) is 6.08 Å². The molecular weight excluding hydrogens is 390 g/mol. The fraction of sp³-hybridized carbons (Fsp3) is 0.524. The van der Waals surface area contributed by atoms with Crippen molar-refractivity contribution < 1.29 is 9.59 Å². The summed E-state index contributed by atoms with van der Waals surface area (Å²) in [5, 5.41) is 1.27. The van der Waals surface area contributed by atoms with Crippen molar-refractivity contribution in [1.82, 2.24) is 15.4 Å². The van der Waals surface area contributed by atoms with E-state index in [2.05, 4.69) is 10.4 Å². The maximum atomic E-state index is 13.2. The van der Waals surface area contributed by atoms with Gasteiger partial charge in [-0.1, -0.05) is 17.8 Å². The van der Waals surface area contributed by atoms with E-state index < -0.39 is 0 Å². The van der Waals surface area contributed by atoms with Crippen LogP contribution in [-0.4, -0.2) is 26.1 Å². The van der Waals surface area contributed by atoms with Gasteiger partial charge in [0.1, 0.15) is 0 Å². The molecule has 7 heteroatoms. The van der Waals surface area contributed by atoms with Gasteiger partial charge in [0.05, 0.1) is 16.0 Å². The lowest BCUT2D eigenvalue weighted by molar-refractivity contribution is -0.152. The molecule has 1 aromatic rings. The zero-order valence-corrected chi connectivity index (χ0v) is 17.4. The molecule has 28 heavy (non-hydrogen) atoms. The van der Waals surface area contributed by atoms with Crippen LogP contribution in [0.15, 0.2) is 23.1 Å². The number of amides is 2. The highest BCUT2D eigenvalue weighted by atomic mass is 32.2. The molecule has 146 valence electrons. The smallest absolute Gasteiger partial charge is 0.273 e. The molecule has 1 aromatic heterocycles. The SMILES string of the molecule is Cc1cccc(C=C2SC(=S)N(NC(=O)C34CC5CC(CC(C5)C3)C4)C2=O)n1. The van der Waals surface area contributed by atoms with Crippen molar-refractivity contribution in [3.63, 3.8) is 0 Å². The summed E-state index contributed by atoms with van der Waals surface area (Å²) >= 11 is 6.61. The van der Waals surface area contributed by atoms with Gasteiger partial charge in [0, 0.05) is 5.69 Å². The topological polar surface area (TPSA) is 62.3 Å². The molecule has 5 nitrogen and oxygen atoms in total. The van der Waals surface area contributed by atoms with Crippen LogP contribution >= 0.6 is 24.0 Å². The Bertz CT molecular complexity index is 875. The van der Waals surface area contributed by atoms with Gasteiger partial charge in [0.2, 0.25) is 5.91 Å². The summed E-state index contributed by atoms with van der Waals surface area (Å²) in [7, 11) is 0. The molecule has 1 N–H and O–H groups in total. The number of thiocarbonyl (C=S) groups is 1. The lowest BCUT2D eigenvalue weighted by Crippen LogP contribution is -2.57. The number of rotatable bonds is 3. The summed E-state index contributed by atoms with van der Waals surface area (Å²) in [6, 6.07) is 5.67. The molecule has 4 saturated carbocycles. The molecule has 0 radical (unpaired) electrons. The summed E-state index contributed by atoms with van der Waals surface area (Å²) in [6.45, 7) is 1.91. The monoisotopic (exact) mass is 413 g/mol. The van der Waals surface area contributed by atoms with Crippen LogP contribution in [-0.2, 0) is 9.59 Å². The zero-order chi connectivity index (χ0) is 19.5. The molecule has 2 heterocycles. The van der Waals surface area contributed by atoms with Crippen LogP contribution in [0.1, 0.15) is 49.9 Å². The first-order valence-corrected chi connectivity index (χ1v) is 11.2. The number of hydrazine groups is 1. The number of carbonyl (C=O) groups is 2. The van der Waals surface area contributed by atoms with Crippen molar-refractivity contribution in [2.75, 3.05) is 0 Å². The molecule has 4 aliphatic carbocycles. The van der Waals surface area contributed by atoms with Crippen LogP contribution in [0.25, 0.3) is 6.08 Å². The number of hydrogen-bond acceptors (Lipinski definition) is 5. The first-order valence-electron chi connectivity index (χ1n) is 9.94. The quantitative estimate of drug-likeness (QED) is 0.603.